The van der Waals surface area contributed by atoms with Crippen LogP contribution in [0.15, 0.2) is 30.0 Å². The predicted octanol–water partition coefficient (Wildman–Crippen LogP) is 7.18. The normalized spacial score (nSPS) is 14.8. The number of unbranched alkanes of at least 4 members (excludes halogenated alkanes) is 1. The van der Waals surface area contributed by atoms with Crippen LogP contribution in [0, 0.1) is 11.8 Å². The van der Waals surface area contributed by atoms with E-state index >= 15 is 0 Å². The van der Waals surface area contributed by atoms with E-state index in [4.69, 9.17) is 14.8 Å². The number of imidazole rings is 1. The van der Waals surface area contributed by atoms with Gasteiger partial charge in [-0.15, -0.1) is 0 Å². The zero-order valence-electron chi connectivity index (χ0n) is 35.5. The third kappa shape index (κ3) is 21.5. The fourth-order valence-corrected chi connectivity index (χ4v) is 5.71. The van der Waals surface area contributed by atoms with E-state index in [9.17, 15) is 14.4 Å². The fourth-order valence-electron chi connectivity index (χ4n) is 5.71. The number of nitrogens with zero attached hydrogens (tertiary/aromatic N) is 5. The Kier molecular flexibility index (Phi) is 27.7. The highest BCUT2D eigenvalue weighted by Gasteiger charge is 2.29. The minimum absolute atomic E-state index is 0.0204. The number of aliphatic hydroxyl groups is 1. The van der Waals surface area contributed by atoms with E-state index < -0.39 is 0 Å². The van der Waals surface area contributed by atoms with Crippen molar-refractivity contribution in [3.63, 3.8) is 0 Å². The number of carbonyl (C=O) groups is 3. The molecule has 1 saturated heterocycles. The number of ether oxygens (including phenoxy) is 2. The van der Waals surface area contributed by atoms with Gasteiger partial charge in [0.25, 0.3) is 12.4 Å². The molecule has 0 radical (unpaired) electrons. The molecule has 11 heteroatoms. The molecular formula is C42H77N5O6. The second kappa shape index (κ2) is 29.4. The van der Waals surface area contributed by atoms with E-state index in [1.807, 2.05) is 44.4 Å². The number of rotatable bonds is 17. The molecule has 1 aromatic heterocycles. The maximum absolute atomic E-state index is 14.0. The van der Waals surface area contributed by atoms with E-state index in [1.54, 1.807) is 6.20 Å². The second-order valence-corrected chi connectivity index (χ2v) is 14.9. The summed E-state index contributed by atoms with van der Waals surface area (Å²) in [6.07, 6.45) is 16.1. The van der Waals surface area contributed by atoms with Gasteiger partial charge in [-0.25, -0.2) is 4.98 Å². The average Bonchev–Trinajstić information content (AvgIpc) is 3.33. The summed E-state index contributed by atoms with van der Waals surface area (Å²) >= 11 is 0. The van der Waals surface area contributed by atoms with Crippen molar-refractivity contribution in [2.45, 2.75) is 133 Å². The Labute approximate surface area is 323 Å². The van der Waals surface area contributed by atoms with Crippen molar-refractivity contribution < 1.29 is 29.0 Å². The molecule has 0 spiro atoms. The highest BCUT2D eigenvalue weighted by atomic mass is 16.5. The summed E-state index contributed by atoms with van der Waals surface area (Å²) < 4.78 is 12.1. The zero-order valence-corrected chi connectivity index (χ0v) is 35.5. The van der Waals surface area contributed by atoms with Crippen LogP contribution in [0.2, 0.25) is 0 Å². The first-order valence-corrected chi connectivity index (χ1v) is 20.3. The van der Waals surface area contributed by atoms with Crippen molar-refractivity contribution in [2.75, 3.05) is 66.1 Å². The molecule has 1 aliphatic carbocycles. The first kappa shape index (κ1) is 50.0. The number of allylic oxidation sites excluding steroid dienone is 4. The number of amides is 2. The van der Waals surface area contributed by atoms with Crippen LogP contribution < -0.4 is 0 Å². The molecule has 1 fully saturated rings. The molecule has 0 bridgehead atoms. The Hall–Kier alpha value is -3.02. The number of hydrogen-bond donors (Lipinski definition) is 1. The third-order valence-corrected chi connectivity index (χ3v) is 8.60. The van der Waals surface area contributed by atoms with E-state index in [0.717, 1.165) is 63.9 Å². The summed E-state index contributed by atoms with van der Waals surface area (Å²) in [4.78, 5) is 47.9. The zero-order chi connectivity index (χ0) is 40.2. The minimum atomic E-state index is -0.318. The van der Waals surface area contributed by atoms with Crippen LogP contribution in [0.1, 0.15) is 130 Å². The Bertz CT molecular complexity index is 1180. The van der Waals surface area contributed by atoms with Gasteiger partial charge in [-0.1, -0.05) is 78.7 Å². The smallest absolute Gasteiger partial charge is 0.293 e. The Morgan fingerprint density at radius 2 is 1.77 bits per heavy atom. The van der Waals surface area contributed by atoms with E-state index in [0.29, 0.717) is 77.0 Å². The third-order valence-electron chi connectivity index (χ3n) is 8.60. The van der Waals surface area contributed by atoms with Crippen LogP contribution in [0.5, 0.6) is 0 Å². The molecule has 1 aromatic rings. The lowest BCUT2D eigenvalue weighted by Gasteiger charge is -2.33. The summed E-state index contributed by atoms with van der Waals surface area (Å²) in [6, 6.07) is 0. The quantitative estimate of drug-likeness (QED) is 0.167. The summed E-state index contributed by atoms with van der Waals surface area (Å²) in [5.41, 5.74) is 1.72. The van der Waals surface area contributed by atoms with Gasteiger partial charge in [-0.3, -0.25) is 14.4 Å². The number of hydrogen-bond acceptors (Lipinski definition) is 8. The number of aromatic nitrogens is 2. The first-order valence-electron chi connectivity index (χ1n) is 20.3. The molecule has 0 saturated carbocycles. The van der Waals surface area contributed by atoms with Crippen molar-refractivity contribution in [3.05, 3.63) is 41.5 Å². The molecule has 306 valence electrons. The van der Waals surface area contributed by atoms with Gasteiger partial charge in [-0.2, -0.15) is 0 Å². The van der Waals surface area contributed by atoms with Crippen LogP contribution in [0.4, 0.5) is 0 Å². The first-order chi connectivity index (χ1) is 25.3. The highest BCUT2D eigenvalue weighted by Crippen LogP contribution is 2.21. The van der Waals surface area contributed by atoms with Gasteiger partial charge < -0.3 is 33.8 Å². The molecule has 1 atom stereocenters. The fraction of sp³-hybridized carbons (Fsp3) is 0.762. The van der Waals surface area contributed by atoms with Gasteiger partial charge in [0.15, 0.2) is 0 Å². The molecule has 2 aliphatic rings. The molecule has 1 unspecified atom stereocenters. The van der Waals surface area contributed by atoms with Crippen molar-refractivity contribution in [1.29, 1.82) is 0 Å². The van der Waals surface area contributed by atoms with E-state index in [2.05, 4.69) is 74.1 Å². The summed E-state index contributed by atoms with van der Waals surface area (Å²) in [5.74, 6) is 1.34. The second-order valence-electron chi connectivity index (χ2n) is 14.9. The maximum atomic E-state index is 14.0. The van der Waals surface area contributed by atoms with Crippen LogP contribution >= 0.6 is 0 Å². The molecule has 3 rings (SSSR count). The lowest BCUT2D eigenvalue weighted by molar-refractivity contribution is -0.140. The van der Waals surface area contributed by atoms with Gasteiger partial charge in [-0.05, 0) is 78.8 Å². The number of carbonyl (C=O) groups excluding carboxylic acids is 3. The lowest BCUT2D eigenvalue weighted by Crippen LogP contribution is -2.47. The SMILES string of the molecule is CC.CC(C)(C)OC=O.CCCCO.CCCn1c(C(=O)N(CCC(CN(C)CC)C(=O)N2CCOCC2)CC(C)C)cnc1CC1=CC=CCCC1. The van der Waals surface area contributed by atoms with Gasteiger partial charge in [0, 0.05) is 52.3 Å². The van der Waals surface area contributed by atoms with Crippen molar-refractivity contribution >= 4 is 18.3 Å². The van der Waals surface area contributed by atoms with Gasteiger partial charge in [0.2, 0.25) is 5.91 Å². The van der Waals surface area contributed by atoms with Gasteiger partial charge in [0.1, 0.15) is 17.1 Å². The maximum Gasteiger partial charge on any atom is 0.293 e. The highest BCUT2D eigenvalue weighted by molar-refractivity contribution is 5.92. The van der Waals surface area contributed by atoms with E-state index in [1.165, 1.54) is 5.57 Å². The average molecular weight is 748 g/mol. The molecule has 2 amide bonds. The van der Waals surface area contributed by atoms with Gasteiger partial charge >= 0.3 is 0 Å². The summed E-state index contributed by atoms with van der Waals surface area (Å²) in [5, 5.41) is 8.07. The number of aliphatic hydroxyl groups excluding tert-OH is 1. The molecule has 1 N–H and O–H groups in total. The molecule has 11 nitrogen and oxygen atoms in total. The Balaban J connectivity index is 0.00000164. The molecule has 0 aromatic carbocycles. The monoisotopic (exact) mass is 748 g/mol. The molecule has 53 heavy (non-hydrogen) atoms. The molecule has 1 aliphatic heterocycles. The predicted molar refractivity (Wildman–Crippen MR) is 217 cm³/mol. The van der Waals surface area contributed by atoms with E-state index in [-0.39, 0.29) is 23.3 Å². The topological polar surface area (TPSA) is 117 Å². The summed E-state index contributed by atoms with van der Waals surface area (Å²) in [6.45, 7) is 26.9. The van der Waals surface area contributed by atoms with Crippen molar-refractivity contribution in [2.24, 2.45) is 11.8 Å². The van der Waals surface area contributed by atoms with Crippen molar-refractivity contribution in [3.8, 4) is 0 Å². The Morgan fingerprint density at radius 1 is 1.09 bits per heavy atom. The lowest BCUT2D eigenvalue weighted by atomic mass is 10.0. The molecular weight excluding hydrogens is 670 g/mol. The van der Waals surface area contributed by atoms with Crippen LogP contribution in [0.3, 0.4) is 0 Å². The van der Waals surface area contributed by atoms with Crippen LogP contribution in [0.25, 0.3) is 0 Å². The number of morpholine rings is 1. The standard InChI is InChI=1S/C31H51N5O3.C5H10O2.C4H10O.C2H6/c1-6-15-36-28(22-32-29(36)21-26-12-10-8-9-11-13-26)31(38)35(23-25(3)4)16-14-27(24-33(5)7-2)30(37)34-17-19-39-20-18-34;1-5(2,3)7-4-6;1-2-3-4-5;1-2/h8,10,12,22,25,27H,6-7,9,11,13-21,23-24H2,1-5H3;4H,1-3H3;5H,2-4H2,1H3;1-2H3. The Morgan fingerprint density at radius 3 is 2.28 bits per heavy atom. The largest absolute Gasteiger partial charge is 0.462 e. The van der Waals surface area contributed by atoms with Gasteiger partial charge in [0.05, 0.1) is 25.3 Å². The van der Waals surface area contributed by atoms with Crippen LogP contribution in [-0.2, 0) is 32.0 Å². The molecule has 2 heterocycles. The summed E-state index contributed by atoms with van der Waals surface area (Å²) in [7, 11) is 2.06. The van der Waals surface area contributed by atoms with Crippen molar-refractivity contribution in [1.82, 2.24) is 24.3 Å². The minimum Gasteiger partial charge on any atom is -0.462 e. The van der Waals surface area contributed by atoms with Crippen LogP contribution in [-0.4, -0.2) is 119 Å².